The average Bonchev–Trinajstić information content (AvgIpc) is 3.24. The molecule has 0 fully saturated rings. The quantitative estimate of drug-likeness (QED) is 0.139. The monoisotopic (exact) mass is 547 g/mol. The lowest BCUT2D eigenvalue weighted by Crippen LogP contribution is -2.10. The van der Waals surface area contributed by atoms with Crippen LogP contribution < -0.4 is 4.74 Å². The highest BCUT2D eigenvalue weighted by Gasteiger charge is 2.36. The second-order valence-electron chi connectivity index (χ2n) is 9.98. The van der Waals surface area contributed by atoms with E-state index >= 15 is 0 Å². The van der Waals surface area contributed by atoms with Gasteiger partial charge in [0.05, 0.1) is 22.1 Å². The third-order valence-corrected chi connectivity index (χ3v) is 7.41. The molecule has 1 N–H and O–H groups in total. The standard InChI is InChI=1S/C37H22O5/c38-35-29(19-25-20-34(24-13-5-2-6-14-24)42-33-18-10-7-15-26(25)33)36(39)37(40)30(35)21-28-27-16-8-9-17-32(27)41-22-31(28)23-11-3-1-4-12-23/h1-22H/p+1. The zero-order valence-corrected chi connectivity index (χ0v) is 22.3. The normalized spacial score (nSPS) is 16.6. The number of para-hydroxylation sites is 2. The van der Waals surface area contributed by atoms with Crippen LogP contribution >= 0.6 is 0 Å². The van der Waals surface area contributed by atoms with Gasteiger partial charge in [0.25, 0.3) is 0 Å². The minimum Gasteiger partial charge on any atom is -0.506 e. The van der Waals surface area contributed by atoms with E-state index < -0.39 is 11.6 Å². The van der Waals surface area contributed by atoms with E-state index in [-0.39, 0.29) is 16.9 Å². The molecule has 200 valence electrons. The fourth-order valence-corrected chi connectivity index (χ4v) is 5.32. The van der Waals surface area contributed by atoms with Gasteiger partial charge in [0.2, 0.25) is 11.6 Å². The molecule has 1 aliphatic heterocycles. The minimum absolute atomic E-state index is 0.0620. The smallest absolute Gasteiger partial charge is 0.360 e. The van der Waals surface area contributed by atoms with E-state index in [1.54, 1.807) is 18.4 Å². The molecule has 0 unspecified atom stereocenters. The molecule has 1 aromatic heterocycles. The van der Waals surface area contributed by atoms with Crippen molar-refractivity contribution in [1.82, 2.24) is 0 Å². The summed E-state index contributed by atoms with van der Waals surface area (Å²) in [6.07, 6.45) is 6.60. The van der Waals surface area contributed by atoms with Crippen LogP contribution in [0.3, 0.4) is 0 Å². The van der Waals surface area contributed by atoms with Crippen molar-refractivity contribution in [2.75, 3.05) is 0 Å². The second kappa shape index (κ2) is 10.3. The van der Waals surface area contributed by atoms with Gasteiger partial charge in [-0.15, -0.1) is 0 Å². The summed E-state index contributed by atoms with van der Waals surface area (Å²) in [7, 11) is 0. The molecule has 1 aliphatic carbocycles. The van der Waals surface area contributed by atoms with Crippen molar-refractivity contribution in [2.24, 2.45) is 0 Å². The summed E-state index contributed by atoms with van der Waals surface area (Å²) in [5.74, 6) is -0.683. The van der Waals surface area contributed by atoms with Gasteiger partial charge in [-0.25, -0.2) is 4.42 Å². The van der Waals surface area contributed by atoms with Crippen molar-refractivity contribution in [3.05, 3.63) is 161 Å². The van der Waals surface area contributed by atoms with Gasteiger partial charge in [0.1, 0.15) is 17.3 Å². The van der Waals surface area contributed by atoms with E-state index in [0.29, 0.717) is 28.2 Å². The topological polar surface area (TPSA) is 74.9 Å². The molecule has 0 saturated carbocycles. The number of Topliss-reactive ketones (excluding diaryl/α,β-unsaturated/α-hetero) is 2. The van der Waals surface area contributed by atoms with Crippen molar-refractivity contribution >= 4 is 39.9 Å². The van der Waals surface area contributed by atoms with Gasteiger partial charge in [-0.05, 0) is 41.5 Å². The number of aliphatic hydroxyl groups is 1. The van der Waals surface area contributed by atoms with Gasteiger partial charge >= 0.3 is 11.8 Å². The third-order valence-electron chi connectivity index (χ3n) is 7.41. The molecule has 0 radical (unpaired) electrons. The molecule has 0 atom stereocenters. The van der Waals surface area contributed by atoms with E-state index in [1.165, 1.54) is 0 Å². The van der Waals surface area contributed by atoms with Crippen molar-refractivity contribution in [3.63, 3.8) is 0 Å². The molecule has 42 heavy (non-hydrogen) atoms. The molecule has 7 rings (SSSR count). The number of rotatable bonds is 4. The molecule has 5 heteroatoms. The number of ketones is 2. The van der Waals surface area contributed by atoms with Gasteiger partial charge in [0.15, 0.2) is 0 Å². The maximum atomic E-state index is 13.4. The Hall–Kier alpha value is -5.81. The Morgan fingerprint density at radius 3 is 2.12 bits per heavy atom. The Labute approximate surface area is 241 Å². The summed E-state index contributed by atoms with van der Waals surface area (Å²) in [5, 5.41) is 12.1. The van der Waals surface area contributed by atoms with Gasteiger partial charge < -0.3 is 9.84 Å². The number of benzene rings is 4. The minimum atomic E-state index is -0.768. The van der Waals surface area contributed by atoms with Gasteiger partial charge in [-0.2, -0.15) is 0 Å². The highest BCUT2D eigenvalue weighted by Crippen LogP contribution is 2.40. The van der Waals surface area contributed by atoms with Gasteiger partial charge in [-0.3, -0.25) is 9.59 Å². The lowest BCUT2D eigenvalue weighted by atomic mass is 9.96. The van der Waals surface area contributed by atoms with Crippen LogP contribution in [0.1, 0.15) is 16.7 Å². The molecule has 5 nitrogen and oxygen atoms in total. The van der Waals surface area contributed by atoms with Crippen molar-refractivity contribution in [2.45, 2.75) is 0 Å². The highest BCUT2D eigenvalue weighted by atomic mass is 16.5. The fraction of sp³-hybridized carbons (Fsp3) is 0. The van der Waals surface area contributed by atoms with Crippen molar-refractivity contribution in [1.29, 1.82) is 0 Å². The van der Waals surface area contributed by atoms with Gasteiger partial charge in [-0.1, -0.05) is 91.0 Å². The molecular formula is C37H23O5+. The van der Waals surface area contributed by atoms with Gasteiger partial charge in [0, 0.05) is 22.8 Å². The van der Waals surface area contributed by atoms with Crippen LogP contribution in [0.15, 0.2) is 149 Å². The summed E-state index contributed by atoms with van der Waals surface area (Å²) in [5.41, 5.74) is 5.02. The van der Waals surface area contributed by atoms with Crippen LogP contribution in [-0.2, 0) is 9.59 Å². The molecular weight excluding hydrogens is 524 g/mol. The summed E-state index contributed by atoms with van der Waals surface area (Å²) in [6.45, 7) is 0. The van der Waals surface area contributed by atoms with E-state index in [2.05, 4.69) is 0 Å². The Morgan fingerprint density at radius 2 is 1.33 bits per heavy atom. The van der Waals surface area contributed by atoms with Crippen LogP contribution in [-0.4, -0.2) is 16.7 Å². The first-order valence-electron chi connectivity index (χ1n) is 13.5. The van der Waals surface area contributed by atoms with E-state index in [4.69, 9.17) is 9.15 Å². The van der Waals surface area contributed by atoms with E-state index in [9.17, 15) is 14.7 Å². The Kier molecular flexibility index (Phi) is 6.18. The summed E-state index contributed by atoms with van der Waals surface area (Å²) >= 11 is 0. The van der Waals surface area contributed by atoms with Crippen LogP contribution in [0.25, 0.3) is 39.5 Å². The lowest BCUT2D eigenvalue weighted by Gasteiger charge is -2.20. The summed E-state index contributed by atoms with van der Waals surface area (Å²) in [4.78, 5) is 26.7. The molecule has 0 amide bonds. The number of fused-ring (bicyclic) bond motifs is 2. The number of carbonyl (C=O) groups excluding carboxylic acids is 2. The molecule has 0 spiro atoms. The fourth-order valence-electron chi connectivity index (χ4n) is 5.32. The largest absolute Gasteiger partial charge is 0.506 e. The second-order valence-corrected chi connectivity index (χ2v) is 9.98. The lowest BCUT2D eigenvalue weighted by molar-refractivity contribution is -0.131. The highest BCUT2D eigenvalue weighted by molar-refractivity contribution is 6.54. The average molecular weight is 548 g/mol. The number of carbonyl (C=O) groups is 2. The zero-order valence-electron chi connectivity index (χ0n) is 22.3. The summed E-state index contributed by atoms with van der Waals surface area (Å²) in [6, 6.07) is 34.1. The Balaban J connectivity index is 1.40. The molecule has 4 aromatic carbocycles. The molecule has 0 bridgehead atoms. The predicted molar refractivity (Wildman–Crippen MR) is 163 cm³/mol. The van der Waals surface area contributed by atoms with Crippen molar-refractivity contribution in [3.8, 4) is 16.9 Å². The Bertz CT molecular complexity index is 2030. The first-order chi connectivity index (χ1) is 20.6. The molecule has 0 saturated heterocycles. The number of allylic oxidation sites excluding steroid dienone is 5. The molecule has 2 heterocycles. The van der Waals surface area contributed by atoms with Crippen molar-refractivity contribution < 1.29 is 23.8 Å². The van der Waals surface area contributed by atoms with E-state index in [0.717, 1.165) is 27.6 Å². The first kappa shape index (κ1) is 25.2. The van der Waals surface area contributed by atoms with E-state index in [1.807, 2.05) is 115 Å². The van der Waals surface area contributed by atoms with Crippen LogP contribution in [0.5, 0.6) is 5.75 Å². The SMILES string of the molecule is O=C1C(=O)/C(=C\c2c(-c3ccccc3)c[o+]c3ccccc23)C(O)=C1/C=C1\C=C(c2ccccc2)Oc2ccccc21. The number of hydrogen-bond donors (Lipinski definition) is 1. The maximum absolute atomic E-state index is 13.4. The third kappa shape index (κ3) is 4.34. The Morgan fingerprint density at radius 1 is 0.667 bits per heavy atom. The summed E-state index contributed by atoms with van der Waals surface area (Å²) < 4.78 is 12.0. The number of ether oxygens (including phenoxy) is 1. The van der Waals surface area contributed by atoms with Crippen LogP contribution in [0, 0.1) is 0 Å². The molecule has 5 aromatic rings. The number of aliphatic hydroxyl groups excluding tert-OH is 1. The zero-order chi connectivity index (χ0) is 28.6. The first-order valence-corrected chi connectivity index (χ1v) is 13.5. The number of hydrogen-bond acceptors (Lipinski definition) is 4. The van der Waals surface area contributed by atoms with Crippen LogP contribution in [0.4, 0.5) is 0 Å². The molecule has 2 aliphatic rings. The predicted octanol–water partition coefficient (Wildman–Crippen LogP) is 8.25. The van der Waals surface area contributed by atoms with Crippen LogP contribution in [0.2, 0.25) is 0 Å². The maximum Gasteiger partial charge on any atom is 0.360 e.